The molecule has 3 N–H and O–H groups in total. The lowest BCUT2D eigenvalue weighted by molar-refractivity contribution is -0.294. The van der Waals surface area contributed by atoms with Gasteiger partial charge in [0.05, 0.1) is 0 Å². The van der Waals surface area contributed by atoms with Crippen LogP contribution in [0.5, 0.6) is 5.75 Å². The summed E-state index contributed by atoms with van der Waals surface area (Å²) in [5.41, 5.74) is 0.768. The van der Waals surface area contributed by atoms with E-state index in [1.54, 1.807) is 36.4 Å². The highest BCUT2D eigenvalue weighted by Gasteiger charge is 2.44. The number of rotatable bonds is 8. The summed E-state index contributed by atoms with van der Waals surface area (Å²) in [5.74, 6) is 0.0406. The molecule has 2 rings (SSSR count). The molecule has 1 heterocycles. The van der Waals surface area contributed by atoms with Crippen LogP contribution in [0.15, 0.2) is 43.0 Å². The molecular weight excluding hydrogens is 356 g/mol. The van der Waals surface area contributed by atoms with Crippen molar-refractivity contribution >= 4 is 12.0 Å². The number of esters is 1. The predicted molar refractivity (Wildman–Crippen MR) is 95.8 cm³/mol. The van der Waals surface area contributed by atoms with Crippen molar-refractivity contribution in [3.05, 3.63) is 48.6 Å². The van der Waals surface area contributed by atoms with E-state index >= 15 is 0 Å². The summed E-state index contributed by atoms with van der Waals surface area (Å²) in [6.07, 6.45) is -1.98. The normalized spacial score (nSPS) is 28.1. The number of carbonyl (C=O) groups excluding carboxylic acids is 1. The Morgan fingerprint density at radius 3 is 2.52 bits per heavy atom. The molecule has 1 aromatic carbocycles. The van der Waals surface area contributed by atoms with Crippen LogP contribution in [-0.2, 0) is 19.0 Å². The first kappa shape index (κ1) is 21.1. The zero-order valence-electron chi connectivity index (χ0n) is 14.9. The zero-order chi connectivity index (χ0) is 19.8. The SMILES string of the molecule is C=CCOc1ccc(/C=C/C(=O)OC[C@H]2OC(OC)[C@H](O)[C@@H](O)[C@@H]2O)cc1. The highest BCUT2D eigenvalue weighted by atomic mass is 16.7. The van der Waals surface area contributed by atoms with Gasteiger partial charge in [0.2, 0.25) is 0 Å². The monoisotopic (exact) mass is 380 g/mol. The van der Waals surface area contributed by atoms with E-state index in [1.165, 1.54) is 13.2 Å². The summed E-state index contributed by atoms with van der Waals surface area (Å²) >= 11 is 0. The first-order chi connectivity index (χ1) is 13.0. The van der Waals surface area contributed by atoms with Gasteiger partial charge in [-0.2, -0.15) is 0 Å². The van der Waals surface area contributed by atoms with Crippen LogP contribution in [0.4, 0.5) is 0 Å². The van der Waals surface area contributed by atoms with E-state index in [1.807, 2.05) is 0 Å². The molecule has 0 saturated carbocycles. The van der Waals surface area contributed by atoms with Crippen molar-refractivity contribution in [1.82, 2.24) is 0 Å². The third-order valence-corrected chi connectivity index (χ3v) is 3.95. The molecule has 0 aromatic heterocycles. The Kier molecular flexibility index (Phi) is 7.96. The van der Waals surface area contributed by atoms with Crippen molar-refractivity contribution in [3.63, 3.8) is 0 Å². The number of carbonyl (C=O) groups is 1. The number of hydrogen-bond acceptors (Lipinski definition) is 8. The van der Waals surface area contributed by atoms with Gasteiger partial charge >= 0.3 is 5.97 Å². The van der Waals surface area contributed by atoms with Crippen molar-refractivity contribution in [2.45, 2.75) is 30.7 Å². The maximum absolute atomic E-state index is 11.8. The summed E-state index contributed by atoms with van der Waals surface area (Å²) in [4.78, 5) is 11.8. The van der Waals surface area contributed by atoms with E-state index in [9.17, 15) is 20.1 Å². The molecule has 1 aliphatic rings. The molecule has 1 fully saturated rings. The fraction of sp³-hybridized carbons (Fsp3) is 0.421. The minimum Gasteiger partial charge on any atom is -0.490 e. The van der Waals surface area contributed by atoms with E-state index in [0.717, 1.165) is 5.56 Å². The first-order valence-electron chi connectivity index (χ1n) is 8.37. The van der Waals surface area contributed by atoms with Gasteiger partial charge in [-0.15, -0.1) is 0 Å². The van der Waals surface area contributed by atoms with E-state index in [2.05, 4.69) is 6.58 Å². The van der Waals surface area contributed by atoms with Crippen molar-refractivity contribution in [2.24, 2.45) is 0 Å². The van der Waals surface area contributed by atoms with Crippen LogP contribution in [0.25, 0.3) is 6.08 Å². The number of hydrogen-bond donors (Lipinski definition) is 3. The van der Waals surface area contributed by atoms with Crippen LogP contribution in [-0.4, -0.2) is 72.3 Å². The second-order valence-corrected chi connectivity index (χ2v) is 5.88. The quantitative estimate of drug-likeness (QED) is 0.334. The average molecular weight is 380 g/mol. The maximum atomic E-state index is 11.8. The Labute approximate surface area is 157 Å². The molecule has 1 unspecified atom stereocenters. The van der Waals surface area contributed by atoms with E-state index in [-0.39, 0.29) is 6.61 Å². The van der Waals surface area contributed by atoms with Gasteiger partial charge in [-0.3, -0.25) is 0 Å². The largest absolute Gasteiger partial charge is 0.490 e. The van der Waals surface area contributed by atoms with Crippen LogP contribution in [0.1, 0.15) is 5.56 Å². The van der Waals surface area contributed by atoms with Gasteiger partial charge in [0.15, 0.2) is 6.29 Å². The third-order valence-electron chi connectivity index (χ3n) is 3.95. The van der Waals surface area contributed by atoms with Crippen LogP contribution in [0.2, 0.25) is 0 Å². The highest BCUT2D eigenvalue weighted by molar-refractivity contribution is 5.87. The number of ether oxygens (including phenoxy) is 4. The van der Waals surface area contributed by atoms with E-state index in [0.29, 0.717) is 12.4 Å². The highest BCUT2D eigenvalue weighted by Crippen LogP contribution is 2.22. The molecule has 0 amide bonds. The lowest BCUT2D eigenvalue weighted by atomic mass is 9.99. The maximum Gasteiger partial charge on any atom is 0.330 e. The lowest BCUT2D eigenvalue weighted by Gasteiger charge is -2.39. The molecule has 8 heteroatoms. The molecule has 148 valence electrons. The average Bonchev–Trinajstić information content (AvgIpc) is 2.69. The van der Waals surface area contributed by atoms with Crippen molar-refractivity contribution < 1.29 is 39.1 Å². The Hall–Kier alpha value is -2.23. The number of aliphatic hydroxyl groups excluding tert-OH is 3. The molecule has 1 saturated heterocycles. The molecule has 0 bridgehead atoms. The molecular formula is C19H24O8. The molecule has 8 nitrogen and oxygen atoms in total. The minimum absolute atomic E-state index is 0.303. The summed E-state index contributed by atoms with van der Waals surface area (Å²) in [7, 11) is 1.29. The fourth-order valence-corrected chi connectivity index (χ4v) is 2.46. The number of benzene rings is 1. The van der Waals surface area contributed by atoms with Crippen molar-refractivity contribution in [2.75, 3.05) is 20.3 Å². The second kappa shape index (κ2) is 10.2. The fourth-order valence-electron chi connectivity index (χ4n) is 2.46. The molecule has 0 spiro atoms. The molecule has 0 radical (unpaired) electrons. The molecule has 1 aliphatic heterocycles. The lowest BCUT2D eigenvalue weighted by Crippen LogP contribution is -2.59. The smallest absolute Gasteiger partial charge is 0.330 e. The number of aliphatic hydroxyl groups is 3. The summed E-state index contributed by atoms with van der Waals surface area (Å²) in [6, 6.07) is 7.07. The Morgan fingerprint density at radius 1 is 1.19 bits per heavy atom. The third kappa shape index (κ3) is 5.88. The Balaban J connectivity index is 1.84. The zero-order valence-corrected chi connectivity index (χ0v) is 14.9. The Bertz CT molecular complexity index is 640. The van der Waals surface area contributed by atoms with Gasteiger partial charge in [-0.1, -0.05) is 24.8 Å². The van der Waals surface area contributed by atoms with Crippen molar-refractivity contribution in [3.8, 4) is 5.75 Å². The second-order valence-electron chi connectivity index (χ2n) is 5.88. The van der Waals surface area contributed by atoms with Gasteiger partial charge in [0.1, 0.15) is 43.4 Å². The van der Waals surface area contributed by atoms with Crippen LogP contribution in [0, 0.1) is 0 Å². The van der Waals surface area contributed by atoms with Crippen LogP contribution in [0.3, 0.4) is 0 Å². The first-order valence-corrected chi connectivity index (χ1v) is 8.37. The number of methoxy groups -OCH3 is 1. The van der Waals surface area contributed by atoms with Crippen LogP contribution < -0.4 is 4.74 Å². The minimum atomic E-state index is -1.47. The summed E-state index contributed by atoms with van der Waals surface area (Å²) in [5, 5.41) is 29.4. The Morgan fingerprint density at radius 2 is 1.89 bits per heavy atom. The van der Waals surface area contributed by atoms with Gasteiger partial charge in [0.25, 0.3) is 0 Å². The van der Waals surface area contributed by atoms with Gasteiger partial charge in [0, 0.05) is 13.2 Å². The summed E-state index contributed by atoms with van der Waals surface area (Å²) < 4.78 is 20.6. The van der Waals surface area contributed by atoms with Crippen molar-refractivity contribution in [1.29, 1.82) is 0 Å². The molecule has 1 aromatic rings. The van der Waals surface area contributed by atoms with Gasteiger partial charge in [-0.25, -0.2) is 4.79 Å². The molecule has 0 aliphatic carbocycles. The van der Waals surface area contributed by atoms with Gasteiger partial charge in [-0.05, 0) is 23.8 Å². The van der Waals surface area contributed by atoms with Gasteiger partial charge < -0.3 is 34.3 Å². The van der Waals surface area contributed by atoms with E-state index in [4.69, 9.17) is 18.9 Å². The standard InChI is InChI=1S/C19H24O8/c1-3-10-25-13-7-4-12(5-8-13)6-9-15(20)26-11-14-16(21)17(22)18(23)19(24-2)27-14/h3-9,14,16-19,21-23H,1,10-11H2,2H3/b9-6+/t14-,16-,17+,18-,19?/m1/s1. The molecule has 27 heavy (non-hydrogen) atoms. The summed E-state index contributed by atoms with van der Waals surface area (Å²) in [6.45, 7) is 3.68. The van der Waals surface area contributed by atoms with Crippen LogP contribution >= 0.6 is 0 Å². The van der Waals surface area contributed by atoms with E-state index < -0.39 is 36.7 Å². The topological polar surface area (TPSA) is 115 Å². The molecule has 5 atom stereocenters. The predicted octanol–water partition coefficient (Wildman–Crippen LogP) is 0.262.